The molecule has 1 atom stereocenters. The zero-order valence-electron chi connectivity index (χ0n) is 9.71. The van der Waals surface area contributed by atoms with E-state index in [2.05, 4.69) is 10.3 Å². The number of carbonyl (C=O) groups excluding carboxylic acids is 2. The molecule has 1 aliphatic heterocycles. The van der Waals surface area contributed by atoms with Crippen LogP contribution < -0.4 is 11.1 Å². The third kappa shape index (κ3) is 2.17. The number of carbonyl (C=O) groups is 2. The van der Waals surface area contributed by atoms with E-state index in [0.717, 1.165) is 4.90 Å². The van der Waals surface area contributed by atoms with Crippen molar-refractivity contribution in [1.82, 2.24) is 9.88 Å². The highest BCUT2D eigenvalue weighted by atomic mass is 32.1. The first-order valence-electron chi connectivity index (χ1n) is 5.32. The molecule has 3 N–H and O–H groups in total. The zero-order valence-corrected chi connectivity index (χ0v) is 10.5. The molecular formula is C11H12N4O2S. The van der Waals surface area contributed by atoms with Gasteiger partial charge in [0.2, 0.25) is 5.91 Å². The van der Waals surface area contributed by atoms with Crippen molar-refractivity contribution in [2.24, 2.45) is 5.73 Å². The minimum absolute atomic E-state index is 0.114. The van der Waals surface area contributed by atoms with Crippen LogP contribution >= 0.6 is 12.2 Å². The van der Waals surface area contributed by atoms with Gasteiger partial charge in [0.25, 0.3) is 5.91 Å². The largest absolute Gasteiger partial charge is 0.389 e. The molecule has 1 saturated heterocycles. The van der Waals surface area contributed by atoms with Crippen molar-refractivity contribution in [3.05, 3.63) is 23.9 Å². The molecule has 0 spiro atoms. The monoisotopic (exact) mass is 264 g/mol. The van der Waals surface area contributed by atoms with Gasteiger partial charge in [0.05, 0.1) is 12.0 Å². The number of nitrogens with zero attached hydrogens (tertiary/aromatic N) is 2. The van der Waals surface area contributed by atoms with Crippen molar-refractivity contribution >= 4 is 34.8 Å². The number of pyridine rings is 1. The maximum absolute atomic E-state index is 11.8. The number of rotatable bonds is 3. The van der Waals surface area contributed by atoms with E-state index in [1.807, 2.05) is 0 Å². The Kier molecular flexibility index (Phi) is 3.24. The second-order valence-corrected chi connectivity index (χ2v) is 4.40. The Morgan fingerprint density at radius 3 is 2.89 bits per heavy atom. The first kappa shape index (κ1) is 12.4. The van der Waals surface area contributed by atoms with Gasteiger partial charge in [-0.2, -0.15) is 0 Å². The Balaban J connectivity index is 2.23. The highest BCUT2D eigenvalue weighted by Crippen LogP contribution is 2.18. The average Bonchev–Trinajstić information content (AvgIpc) is 2.57. The Morgan fingerprint density at radius 1 is 1.61 bits per heavy atom. The minimum Gasteiger partial charge on any atom is -0.389 e. The van der Waals surface area contributed by atoms with Crippen molar-refractivity contribution in [1.29, 1.82) is 0 Å². The van der Waals surface area contributed by atoms with E-state index in [0.29, 0.717) is 11.4 Å². The van der Waals surface area contributed by atoms with Crippen LogP contribution in [0.3, 0.4) is 0 Å². The lowest BCUT2D eigenvalue weighted by atomic mass is 10.2. The number of thiocarbonyl (C=S) groups is 1. The van der Waals surface area contributed by atoms with Crippen LogP contribution in [0.5, 0.6) is 0 Å². The smallest absolute Gasteiger partial charge is 0.251 e. The van der Waals surface area contributed by atoms with Crippen LogP contribution in [0, 0.1) is 0 Å². The summed E-state index contributed by atoms with van der Waals surface area (Å²) in [6.45, 7) is 0. The van der Waals surface area contributed by atoms with E-state index in [4.69, 9.17) is 18.0 Å². The number of hydrogen-bond donors (Lipinski definition) is 2. The zero-order chi connectivity index (χ0) is 13.3. The number of hydrogen-bond acceptors (Lipinski definition) is 5. The summed E-state index contributed by atoms with van der Waals surface area (Å²) in [4.78, 5) is 28.5. The van der Waals surface area contributed by atoms with Gasteiger partial charge in [-0.15, -0.1) is 0 Å². The molecule has 2 heterocycles. The maximum Gasteiger partial charge on any atom is 0.251 e. The Labute approximate surface area is 109 Å². The maximum atomic E-state index is 11.8. The highest BCUT2D eigenvalue weighted by molar-refractivity contribution is 7.80. The number of likely N-dealkylation sites (tertiary alicyclic amines) is 1. The number of amides is 2. The van der Waals surface area contributed by atoms with E-state index < -0.39 is 6.04 Å². The summed E-state index contributed by atoms with van der Waals surface area (Å²) in [6.07, 6.45) is 1.68. The molecule has 2 rings (SSSR count). The summed E-state index contributed by atoms with van der Waals surface area (Å²) in [5, 5.41) is 2.91. The first-order valence-corrected chi connectivity index (χ1v) is 5.73. The molecule has 0 aromatic carbocycles. The highest BCUT2D eigenvalue weighted by Gasteiger charge is 2.36. The van der Waals surface area contributed by atoms with E-state index in [1.165, 1.54) is 7.05 Å². The van der Waals surface area contributed by atoms with Gasteiger partial charge in [0.1, 0.15) is 16.8 Å². The van der Waals surface area contributed by atoms with Crippen molar-refractivity contribution < 1.29 is 9.59 Å². The normalized spacial score (nSPS) is 19.2. The number of nitrogens with one attached hydrogen (secondary N) is 1. The van der Waals surface area contributed by atoms with Crippen LogP contribution in [-0.4, -0.2) is 39.8 Å². The third-order valence-corrected chi connectivity index (χ3v) is 2.99. The summed E-state index contributed by atoms with van der Waals surface area (Å²) in [5.74, 6) is -0.0729. The van der Waals surface area contributed by atoms with Crippen LogP contribution in [0.25, 0.3) is 0 Å². The molecule has 94 valence electrons. The van der Waals surface area contributed by atoms with E-state index >= 15 is 0 Å². The molecule has 18 heavy (non-hydrogen) atoms. The van der Waals surface area contributed by atoms with Crippen molar-refractivity contribution in [2.45, 2.75) is 12.5 Å². The van der Waals surface area contributed by atoms with Gasteiger partial charge in [-0.1, -0.05) is 12.2 Å². The fraction of sp³-hybridized carbons (Fsp3) is 0.273. The predicted octanol–water partition coefficient (Wildman–Crippen LogP) is -0.115. The van der Waals surface area contributed by atoms with Crippen LogP contribution in [0.15, 0.2) is 18.3 Å². The van der Waals surface area contributed by atoms with Gasteiger partial charge in [-0.25, -0.2) is 4.98 Å². The van der Waals surface area contributed by atoms with Crippen molar-refractivity contribution in [2.75, 3.05) is 12.4 Å². The molecule has 6 nitrogen and oxygen atoms in total. The molecule has 0 saturated carbocycles. The molecule has 0 aliphatic carbocycles. The quantitative estimate of drug-likeness (QED) is 0.585. The molecule has 2 amide bonds. The van der Waals surface area contributed by atoms with Crippen molar-refractivity contribution in [3.8, 4) is 0 Å². The van der Waals surface area contributed by atoms with Crippen LogP contribution in [0.4, 0.5) is 5.82 Å². The lowest BCUT2D eigenvalue weighted by Gasteiger charge is -2.14. The fourth-order valence-corrected chi connectivity index (χ4v) is 1.92. The molecule has 0 radical (unpaired) electrons. The summed E-state index contributed by atoms with van der Waals surface area (Å²) in [5.41, 5.74) is 6.12. The molecule has 1 fully saturated rings. The van der Waals surface area contributed by atoms with Crippen LogP contribution in [-0.2, 0) is 9.59 Å². The van der Waals surface area contributed by atoms with E-state index in [1.54, 1.807) is 18.3 Å². The third-order valence-electron chi connectivity index (χ3n) is 2.77. The van der Waals surface area contributed by atoms with Crippen molar-refractivity contribution in [3.63, 3.8) is 0 Å². The van der Waals surface area contributed by atoms with Gasteiger partial charge in [0.15, 0.2) is 0 Å². The van der Waals surface area contributed by atoms with Crippen LogP contribution in [0.2, 0.25) is 0 Å². The second-order valence-electron chi connectivity index (χ2n) is 3.96. The predicted molar refractivity (Wildman–Crippen MR) is 69.9 cm³/mol. The summed E-state index contributed by atoms with van der Waals surface area (Å²) >= 11 is 4.90. The van der Waals surface area contributed by atoms with Crippen LogP contribution in [0.1, 0.15) is 12.0 Å². The lowest BCUT2D eigenvalue weighted by molar-refractivity contribution is -0.136. The molecule has 0 bridgehead atoms. The molecular weight excluding hydrogens is 252 g/mol. The van der Waals surface area contributed by atoms with Gasteiger partial charge in [0, 0.05) is 13.2 Å². The van der Waals surface area contributed by atoms with Gasteiger partial charge in [-0.3, -0.25) is 14.5 Å². The number of likely N-dealkylation sites (N-methyl/N-ethyl adjacent to an activating group) is 1. The standard InChI is InChI=1S/C11H12N4O2S/c1-15-8(16)5-7(11(15)17)14-10-6(9(12)18)3-2-4-13-10/h2-4,7H,5H2,1H3,(H2,12,18)(H,13,14). The minimum atomic E-state index is -0.606. The summed E-state index contributed by atoms with van der Waals surface area (Å²) in [7, 11) is 1.46. The SMILES string of the molecule is CN1C(=O)CC(Nc2ncccc2C(N)=S)C1=O. The Hall–Kier alpha value is -2.02. The average molecular weight is 264 g/mol. The molecule has 1 aromatic heterocycles. The summed E-state index contributed by atoms with van der Waals surface area (Å²) < 4.78 is 0. The van der Waals surface area contributed by atoms with E-state index in [9.17, 15) is 9.59 Å². The lowest BCUT2D eigenvalue weighted by Crippen LogP contribution is -2.32. The molecule has 1 aliphatic rings. The Bertz CT molecular complexity index is 532. The number of anilines is 1. The molecule has 1 aromatic rings. The molecule has 1 unspecified atom stereocenters. The fourth-order valence-electron chi connectivity index (χ4n) is 1.75. The second kappa shape index (κ2) is 4.69. The van der Waals surface area contributed by atoms with E-state index in [-0.39, 0.29) is 23.2 Å². The number of nitrogens with two attached hydrogens (primary N) is 1. The van der Waals surface area contributed by atoms with Gasteiger partial charge in [-0.05, 0) is 12.1 Å². The Morgan fingerprint density at radius 2 is 2.33 bits per heavy atom. The molecule has 7 heteroatoms. The topological polar surface area (TPSA) is 88.3 Å². The number of imide groups is 1. The van der Waals surface area contributed by atoms with Gasteiger partial charge < -0.3 is 11.1 Å². The first-order chi connectivity index (χ1) is 8.50. The number of aromatic nitrogens is 1. The van der Waals surface area contributed by atoms with Gasteiger partial charge >= 0.3 is 0 Å². The summed E-state index contributed by atoms with van der Waals surface area (Å²) in [6, 6.07) is 2.81.